The zero-order valence-electron chi connectivity index (χ0n) is 10.4. The fourth-order valence-electron chi connectivity index (χ4n) is 2.06. The van der Waals surface area contributed by atoms with Crippen molar-refractivity contribution in [2.75, 3.05) is 11.1 Å². The van der Waals surface area contributed by atoms with Crippen molar-refractivity contribution in [2.24, 2.45) is 0 Å². The lowest BCUT2D eigenvalue weighted by atomic mass is 10.1. The van der Waals surface area contributed by atoms with Crippen molar-refractivity contribution in [1.29, 1.82) is 0 Å². The molecule has 0 fully saturated rings. The Morgan fingerprint density at radius 2 is 2.18 bits per heavy atom. The Morgan fingerprint density at radius 3 is 2.94 bits per heavy atom. The number of pyridine rings is 1. The number of hydrogen-bond acceptors (Lipinski definition) is 3. The molecule has 1 heterocycles. The van der Waals surface area contributed by atoms with Gasteiger partial charge in [-0.3, -0.25) is 4.98 Å². The lowest BCUT2D eigenvalue weighted by molar-refractivity contribution is 0.691. The van der Waals surface area contributed by atoms with Crippen molar-refractivity contribution in [3.8, 4) is 0 Å². The molecule has 0 saturated carbocycles. The first-order valence-corrected chi connectivity index (χ1v) is 6.11. The average Bonchev–Trinajstić information content (AvgIpc) is 2.29. The Labute approximate surface area is 102 Å². The minimum atomic E-state index is 0.475. The number of nitrogens with one attached hydrogen (secondary N) is 1. The molecule has 90 valence electrons. The van der Waals surface area contributed by atoms with E-state index in [9.17, 15) is 0 Å². The van der Waals surface area contributed by atoms with E-state index in [4.69, 9.17) is 5.73 Å². The number of nitrogen functional groups attached to an aromatic ring is 1. The van der Waals surface area contributed by atoms with E-state index in [1.54, 1.807) is 0 Å². The number of nitrogens with zero attached hydrogens (tertiary/aromatic N) is 1. The molecule has 3 N–H and O–H groups in total. The van der Waals surface area contributed by atoms with Gasteiger partial charge in [0, 0.05) is 29.0 Å². The summed E-state index contributed by atoms with van der Waals surface area (Å²) >= 11 is 0. The second-order valence-corrected chi connectivity index (χ2v) is 4.47. The van der Waals surface area contributed by atoms with Crippen LogP contribution in [-0.4, -0.2) is 11.0 Å². The van der Waals surface area contributed by atoms with Crippen LogP contribution < -0.4 is 11.1 Å². The van der Waals surface area contributed by atoms with Gasteiger partial charge in [0.2, 0.25) is 0 Å². The van der Waals surface area contributed by atoms with Crippen molar-refractivity contribution >= 4 is 22.3 Å². The minimum Gasteiger partial charge on any atom is -0.399 e. The first kappa shape index (κ1) is 11.7. The quantitative estimate of drug-likeness (QED) is 0.790. The third-order valence-electron chi connectivity index (χ3n) is 2.89. The summed E-state index contributed by atoms with van der Waals surface area (Å²) in [5.41, 5.74) is 8.59. The smallest absolute Gasteiger partial charge is 0.0743 e. The molecule has 0 spiro atoms. The highest BCUT2D eigenvalue weighted by Crippen LogP contribution is 2.24. The van der Waals surface area contributed by atoms with Crippen LogP contribution in [0.4, 0.5) is 11.4 Å². The first-order valence-electron chi connectivity index (χ1n) is 6.11. The summed E-state index contributed by atoms with van der Waals surface area (Å²) in [5, 5.41) is 4.65. The zero-order chi connectivity index (χ0) is 12.3. The van der Waals surface area contributed by atoms with E-state index in [2.05, 4.69) is 24.1 Å². The molecule has 2 rings (SSSR count). The number of hydrogen-bond donors (Lipinski definition) is 2. The molecule has 17 heavy (non-hydrogen) atoms. The molecule has 0 aliphatic heterocycles. The van der Waals surface area contributed by atoms with Crippen molar-refractivity contribution in [3.63, 3.8) is 0 Å². The van der Waals surface area contributed by atoms with Crippen LogP contribution in [0.2, 0.25) is 0 Å². The summed E-state index contributed by atoms with van der Waals surface area (Å²) < 4.78 is 0. The van der Waals surface area contributed by atoms with Gasteiger partial charge in [-0.2, -0.15) is 0 Å². The van der Waals surface area contributed by atoms with Crippen LogP contribution in [0.3, 0.4) is 0 Å². The van der Waals surface area contributed by atoms with Crippen LogP contribution in [0.15, 0.2) is 30.5 Å². The first-order chi connectivity index (χ1) is 8.20. The zero-order valence-corrected chi connectivity index (χ0v) is 10.4. The topological polar surface area (TPSA) is 50.9 Å². The van der Waals surface area contributed by atoms with Gasteiger partial charge in [0.15, 0.2) is 0 Å². The predicted octanol–water partition coefficient (Wildman–Crippen LogP) is 3.42. The molecule has 1 aromatic heterocycles. The summed E-state index contributed by atoms with van der Waals surface area (Å²) in [6.45, 7) is 4.40. The van der Waals surface area contributed by atoms with Gasteiger partial charge in [-0.05, 0) is 37.6 Å². The Hall–Kier alpha value is -1.77. The largest absolute Gasteiger partial charge is 0.399 e. The van der Waals surface area contributed by atoms with Gasteiger partial charge in [0.05, 0.1) is 5.52 Å². The molecule has 0 saturated heterocycles. The van der Waals surface area contributed by atoms with Crippen molar-refractivity contribution < 1.29 is 0 Å². The number of rotatable bonds is 4. The number of benzene rings is 1. The number of nitrogens with two attached hydrogens (primary N) is 1. The van der Waals surface area contributed by atoms with Crippen molar-refractivity contribution in [1.82, 2.24) is 4.98 Å². The molecule has 0 aliphatic rings. The summed E-state index contributed by atoms with van der Waals surface area (Å²) in [6.07, 6.45) is 4.17. The monoisotopic (exact) mass is 229 g/mol. The van der Waals surface area contributed by atoms with E-state index in [1.165, 1.54) is 12.8 Å². The molecule has 2 aromatic rings. The fourth-order valence-corrected chi connectivity index (χ4v) is 2.06. The summed E-state index contributed by atoms with van der Waals surface area (Å²) in [5.74, 6) is 0. The van der Waals surface area contributed by atoms with E-state index in [1.807, 2.05) is 30.5 Å². The molecule has 0 amide bonds. The molecular formula is C14H19N3. The van der Waals surface area contributed by atoms with Crippen LogP contribution in [0.25, 0.3) is 10.9 Å². The van der Waals surface area contributed by atoms with E-state index in [0.29, 0.717) is 6.04 Å². The highest BCUT2D eigenvalue weighted by molar-refractivity contribution is 5.92. The molecule has 1 atom stereocenters. The Morgan fingerprint density at radius 1 is 1.35 bits per heavy atom. The third kappa shape index (κ3) is 2.67. The lowest BCUT2D eigenvalue weighted by Gasteiger charge is -2.15. The van der Waals surface area contributed by atoms with Gasteiger partial charge in [0.25, 0.3) is 0 Å². The van der Waals surface area contributed by atoms with Gasteiger partial charge >= 0.3 is 0 Å². The molecule has 0 radical (unpaired) electrons. The van der Waals surface area contributed by atoms with Gasteiger partial charge in [-0.1, -0.05) is 13.3 Å². The van der Waals surface area contributed by atoms with Gasteiger partial charge in [-0.15, -0.1) is 0 Å². The average molecular weight is 229 g/mol. The second kappa shape index (κ2) is 5.04. The summed E-state index contributed by atoms with van der Waals surface area (Å²) in [7, 11) is 0. The lowest BCUT2D eigenvalue weighted by Crippen LogP contribution is -2.14. The van der Waals surface area contributed by atoms with Crippen LogP contribution >= 0.6 is 0 Å². The van der Waals surface area contributed by atoms with Gasteiger partial charge in [-0.25, -0.2) is 0 Å². The maximum Gasteiger partial charge on any atom is 0.0743 e. The van der Waals surface area contributed by atoms with Gasteiger partial charge < -0.3 is 11.1 Å². The highest BCUT2D eigenvalue weighted by Gasteiger charge is 2.05. The van der Waals surface area contributed by atoms with Crippen LogP contribution in [0.1, 0.15) is 26.7 Å². The molecule has 3 heteroatoms. The molecule has 0 bridgehead atoms. The summed E-state index contributed by atoms with van der Waals surface area (Å²) in [6, 6.07) is 8.34. The van der Waals surface area contributed by atoms with Crippen molar-refractivity contribution in [3.05, 3.63) is 30.5 Å². The van der Waals surface area contributed by atoms with Crippen LogP contribution in [-0.2, 0) is 0 Å². The molecule has 3 nitrogen and oxygen atoms in total. The van der Waals surface area contributed by atoms with Crippen LogP contribution in [0.5, 0.6) is 0 Å². The van der Waals surface area contributed by atoms with Crippen molar-refractivity contribution in [2.45, 2.75) is 32.7 Å². The number of anilines is 2. The fraction of sp³-hybridized carbons (Fsp3) is 0.357. The SMILES string of the molecule is CCC[C@@H](C)Nc1ccnc2cc(N)ccc12. The Kier molecular flexibility index (Phi) is 3.47. The molecule has 0 unspecified atom stereocenters. The predicted molar refractivity (Wildman–Crippen MR) is 74.1 cm³/mol. The second-order valence-electron chi connectivity index (χ2n) is 4.47. The standard InChI is InChI=1S/C14H19N3/c1-3-4-10(2)17-13-7-8-16-14-9-11(15)5-6-12(13)14/h5-10H,3-4,15H2,1-2H3,(H,16,17)/t10-/m1/s1. The Bertz CT molecular complexity index is 508. The normalized spacial score (nSPS) is 12.6. The van der Waals surface area contributed by atoms with E-state index in [-0.39, 0.29) is 0 Å². The molecule has 0 aliphatic carbocycles. The maximum atomic E-state index is 5.76. The Balaban J connectivity index is 2.34. The van der Waals surface area contributed by atoms with Gasteiger partial charge in [0.1, 0.15) is 0 Å². The van der Waals surface area contributed by atoms with E-state index >= 15 is 0 Å². The number of aromatic nitrogens is 1. The van der Waals surface area contributed by atoms with E-state index in [0.717, 1.165) is 22.3 Å². The minimum absolute atomic E-state index is 0.475. The molecular weight excluding hydrogens is 210 g/mol. The van der Waals surface area contributed by atoms with E-state index < -0.39 is 0 Å². The third-order valence-corrected chi connectivity index (χ3v) is 2.89. The highest BCUT2D eigenvalue weighted by atomic mass is 14.9. The molecule has 1 aromatic carbocycles. The summed E-state index contributed by atoms with van der Waals surface area (Å²) in [4.78, 5) is 4.34. The number of fused-ring (bicyclic) bond motifs is 1. The van der Waals surface area contributed by atoms with Crippen LogP contribution in [0, 0.1) is 0 Å². The maximum absolute atomic E-state index is 5.76.